The Morgan fingerprint density at radius 2 is 1.79 bits per heavy atom. The van der Waals surface area contributed by atoms with E-state index in [1.54, 1.807) is 24.3 Å². The van der Waals surface area contributed by atoms with Crippen LogP contribution in [0.5, 0.6) is 0 Å². The smallest absolute Gasteiger partial charge is 0.201 e. The fraction of sp³-hybridized carbons (Fsp3) is 0. The van der Waals surface area contributed by atoms with Gasteiger partial charge >= 0.3 is 0 Å². The standard InChI is InChI=1S/C10H7ClO3/c11-8-4-1-7(2-5-8)3-6-9(12)10(13)14/h1-6H,(H,13,14)/p-1. The van der Waals surface area contributed by atoms with Crippen LogP contribution in [0.2, 0.25) is 5.02 Å². The summed E-state index contributed by atoms with van der Waals surface area (Å²) < 4.78 is 0. The maximum atomic E-state index is 10.6. The lowest BCUT2D eigenvalue weighted by Crippen LogP contribution is -2.29. The summed E-state index contributed by atoms with van der Waals surface area (Å²) in [5.74, 6) is -2.77. The number of carbonyl (C=O) groups is 2. The lowest BCUT2D eigenvalue weighted by Gasteiger charge is -1.94. The molecule has 1 aromatic rings. The summed E-state index contributed by atoms with van der Waals surface area (Å²) in [6.07, 6.45) is 2.33. The Hall–Kier alpha value is -1.61. The van der Waals surface area contributed by atoms with Gasteiger partial charge in [0.2, 0.25) is 5.78 Å². The van der Waals surface area contributed by atoms with Crippen molar-refractivity contribution in [2.75, 3.05) is 0 Å². The Balaban J connectivity index is 2.74. The predicted molar refractivity (Wildman–Crippen MR) is 50.5 cm³/mol. The van der Waals surface area contributed by atoms with Gasteiger partial charge in [0.15, 0.2) is 0 Å². The Kier molecular flexibility index (Phi) is 3.42. The van der Waals surface area contributed by atoms with Gasteiger partial charge in [0.1, 0.15) is 5.97 Å². The normalized spacial score (nSPS) is 10.4. The largest absolute Gasteiger partial charge is 0.541 e. The first kappa shape index (κ1) is 10.5. The van der Waals surface area contributed by atoms with Crippen molar-refractivity contribution < 1.29 is 14.7 Å². The molecule has 1 rings (SSSR count). The van der Waals surface area contributed by atoms with Crippen molar-refractivity contribution in [1.29, 1.82) is 0 Å². The van der Waals surface area contributed by atoms with E-state index < -0.39 is 11.8 Å². The first-order valence-corrected chi connectivity index (χ1v) is 4.16. The van der Waals surface area contributed by atoms with Crippen LogP contribution in [0.25, 0.3) is 6.08 Å². The highest BCUT2D eigenvalue weighted by Gasteiger charge is 1.95. The number of hydrogen-bond acceptors (Lipinski definition) is 3. The molecule has 72 valence electrons. The van der Waals surface area contributed by atoms with E-state index >= 15 is 0 Å². The number of aliphatic carboxylic acids is 1. The van der Waals surface area contributed by atoms with Crippen LogP contribution in [0.1, 0.15) is 5.56 Å². The molecule has 0 aliphatic rings. The lowest BCUT2D eigenvalue weighted by atomic mass is 10.2. The first-order chi connectivity index (χ1) is 6.59. The highest BCUT2D eigenvalue weighted by molar-refractivity contribution is 6.37. The number of carboxylic acids is 1. The molecular formula is C10H6ClO3-. The second kappa shape index (κ2) is 4.58. The summed E-state index contributed by atoms with van der Waals surface area (Å²) in [4.78, 5) is 20.6. The molecule has 0 aliphatic heterocycles. The number of hydrogen-bond donors (Lipinski definition) is 0. The molecule has 0 heterocycles. The van der Waals surface area contributed by atoms with Crippen molar-refractivity contribution in [2.45, 2.75) is 0 Å². The minimum absolute atomic E-state index is 0.577. The quantitative estimate of drug-likeness (QED) is 0.543. The second-order valence-corrected chi connectivity index (χ2v) is 2.97. The predicted octanol–water partition coefficient (Wildman–Crippen LogP) is 0.672. The molecule has 0 saturated carbocycles. The summed E-state index contributed by atoms with van der Waals surface area (Å²) in [6.45, 7) is 0. The maximum Gasteiger partial charge on any atom is 0.201 e. The number of rotatable bonds is 3. The zero-order chi connectivity index (χ0) is 10.6. The van der Waals surface area contributed by atoms with E-state index in [2.05, 4.69) is 0 Å². The molecular weight excluding hydrogens is 204 g/mol. The van der Waals surface area contributed by atoms with Crippen molar-refractivity contribution in [3.63, 3.8) is 0 Å². The highest BCUT2D eigenvalue weighted by Crippen LogP contribution is 2.10. The SMILES string of the molecule is O=C([O-])C(=O)C=Cc1ccc(Cl)cc1. The molecule has 0 unspecified atom stereocenters. The van der Waals surface area contributed by atoms with E-state index in [4.69, 9.17) is 11.6 Å². The molecule has 0 radical (unpaired) electrons. The topological polar surface area (TPSA) is 57.2 Å². The summed E-state index contributed by atoms with van der Waals surface area (Å²) in [6, 6.07) is 6.62. The summed E-state index contributed by atoms with van der Waals surface area (Å²) in [5.41, 5.74) is 0.698. The van der Waals surface area contributed by atoms with Crippen molar-refractivity contribution in [2.24, 2.45) is 0 Å². The summed E-state index contributed by atoms with van der Waals surface area (Å²) in [7, 11) is 0. The molecule has 14 heavy (non-hydrogen) atoms. The third kappa shape index (κ3) is 3.03. The summed E-state index contributed by atoms with van der Waals surface area (Å²) >= 11 is 5.63. The van der Waals surface area contributed by atoms with Gasteiger partial charge in [-0.2, -0.15) is 0 Å². The second-order valence-electron chi connectivity index (χ2n) is 2.54. The van der Waals surface area contributed by atoms with Crippen LogP contribution >= 0.6 is 11.6 Å². The fourth-order valence-corrected chi connectivity index (χ4v) is 0.940. The molecule has 0 saturated heterocycles. The molecule has 0 bridgehead atoms. The molecule has 4 heteroatoms. The van der Waals surface area contributed by atoms with E-state index in [0.717, 1.165) is 6.08 Å². The van der Waals surface area contributed by atoms with Crippen molar-refractivity contribution in [1.82, 2.24) is 0 Å². The van der Waals surface area contributed by atoms with Crippen LogP contribution in [0.4, 0.5) is 0 Å². The lowest BCUT2D eigenvalue weighted by molar-refractivity contribution is -0.299. The number of halogens is 1. The Labute approximate surface area is 85.6 Å². The number of carboxylic acid groups (broad SMARTS) is 1. The third-order valence-electron chi connectivity index (χ3n) is 1.50. The van der Waals surface area contributed by atoms with Crippen LogP contribution in [0.15, 0.2) is 30.3 Å². The zero-order valence-electron chi connectivity index (χ0n) is 7.07. The van der Waals surface area contributed by atoms with Gasteiger partial charge in [-0.05, 0) is 23.8 Å². The van der Waals surface area contributed by atoms with E-state index in [0.29, 0.717) is 10.6 Å². The Morgan fingerprint density at radius 3 is 2.29 bits per heavy atom. The van der Waals surface area contributed by atoms with Gasteiger partial charge in [-0.25, -0.2) is 0 Å². The molecule has 0 N–H and O–H groups in total. The number of ketones is 1. The third-order valence-corrected chi connectivity index (χ3v) is 1.75. The van der Waals surface area contributed by atoms with E-state index in [1.807, 2.05) is 0 Å². The molecule has 0 aromatic heterocycles. The van der Waals surface area contributed by atoms with E-state index in [9.17, 15) is 14.7 Å². The summed E-state index contributed by atoms with van der Waals surface area (Å²) in [5, 5.41) is 10.6. The molecule has 0 fully saturated rings. The van der Waals surface area contributed by atoms with Gasteiger partial charge in [0.05, 0.1) is 0 Å². The molecule has 0 amide bonds. The molecule has 3 nitrogen and oxygen atoms in total. The first-order valence-electron chi connectivity index (χ1n) is 3.78. The van der Waals surface area contributed by atoms with Crippen LogP contribution in [-0.2, 0) is 9.59 Å². The number of benzene rings is 1. The van der Waals surface area contributed by atoms with Gasteiger partial charge in [0, 0.05) is 5.02 Å². The van der Waals surface area contributed by atoms with Gasteiger partial charge < -0.3 is 9.90 Å². The fourth-order valence-electron chi connectivity index (χ4n) is 0.814. The maximum absolute atomic E-state index is 10.6. The molecule has 0 atom stereocenters. The Bertz CT molecular complexity index is 379. The van der Waals surface area contributed by atoms with Gasteiger partial charge in [-0.1, -0.05) is 29.8 Å². The zero-order valence-corrected chi connectivity index (χ0v) is 7.82. The molecule has 0 spiro atoms. The van der Waals surface area contributed by atoms with E-state index in [1.165, 1.54) is 6.08 Å². The minimum atomic E-state index is -1.71. The van der Waals surface area contributed by atoms with E-state index in [-0.39, 0.29) is 0 Å². The molecule has 1 aromatic carbocycles. The molecule has 0 aliphatic carbocycles. The van der Waals surface area contributed by atoms with Crippen LogP contribution < -0.4 is 5.11 Å². The van der Waals surface area contributed by atoms with Gasteiger partial charge in [-0.3, -0.25) is 4.79 Å². The Morgan fingerprint density at radius 1 is 1.21 bits per heavy atom. The van der Waals surface area contributed by atoms with Crippen molar-refractivity contribution in [3.8, 4) is 0 Å². The monoisotopic (exact) mass is 209 g/mol. The number of carbonyl (C=O) groups excluding carboxylic acids is 2. The average Bonchev–Trinajstić information content (AvgIpc) is 2.16. The van der Waals surface area contributed by atoms with Gasteiger partial charge in [-0.15, -0.1) is 0 Å². The van der Waals surface area contributed by atoms with Crippen LogP contribution in [-0.4, -0.2) is 11.8 Å². The minimum Gasteiger partial charge on any atom is -0.541 e. The van der Waals surface area contributed by atoms with Crippen LogP contribution in [0, 0.1) is 0 Å². The van der Waals surface area contributed by atoms with Gasteiger partial charge in [0.25, 0.3) is 0 Å². The van der Waals surface area contributed by atoms with Crippen LogP contribution in [0.3, 0.4) is 0 Å². The van der Waals surface area contributed by atoms with Crippen molar-refractivity contribution >= 4 is 29.4 Å². The van der Waals surface area contributed by atoms with Crippen molar-refractivity contribution in [3.05, 3.63) is 40.9 Å². The highest BCUT2D eigenvalue weighted by atomic mass is 35.5. The average molecular weight is 210 g/mol.